The molecule has 1 aromatic rings. The molecule has 0 unspecified atom stereocenters. The third-order valence-corrected chi connectivity index (χ3v) is 3.34. The summed E-state index contributed by atoms with van der Waals surface area (Å²) in [5.41, 5.74) is 7.61. The lowest BCUT2D eigenvalue weighted by atomic mass is 9.98. The van der Waals surface area contributed by atoms with Crippen molar-refractivity contribution in [1.29, 1.82) is 0 Å². The number of rotatable bonds is 4. The monoisotopic (exact) mass is 235 g/mol. The first-order chi connectivity index (χ1) is 8.28. The molecule has 0 aliphatic carbocycles. The van der Waals surface area contributed by atoms with E-state index in [1.165, 1.54) is 12.8 Å². The van der Waals surface area contributed by atoms with Crippen LogP contribution in [0, 0.1) is 5.92 Å². The van der Waals surface area contributed by atoms with Crippen molar-refractivity contribution in [2.45, 2.75) is 19.4 Å². The zero-order valence-electron chi connectivity index (χ0n) is 10.4. The van der Waals surface area contributed by atoms with Gasteiger partial charge >= 0.3 is 0 Å². The fraction of sp³-hybridized carbons (Fsp3) is 0.615. The molecule has 0 aromatic carbocycles. The number of hydrogen-bond acceptors (Lipinski definition) is 4. The maximum Gasteiger partial charge on any atom is 0.0564 e. The summed E-state index contributed by atoms with van der Waals surface area (Å²) in [6.07, 6.45) is 4.22. The summed E-state index contributed by atoms with van der Waals surface area (Å²) in [4.78, 5) is 6.78. The largest absolute Gasteiger partial charge is 0.399 e. The number of likely N-dealkylation sites (tertiary alicyclic amines) is 1. The molecule has 4 heteroatoms. The van der Waals surface area contributed by atoms with E-state index in [0.717, 1.165) is 43.5 Å². The van der Waals surface area contributed by atoms with Crippen LogP contribution in [0.1, 0.15) is 18.5 Å². The summed E-state index contributed by atoms with van der Waals surface area (Å²) in [5, 5.41) is 0. The zero-order chi connectivity index (χ0) is 12.1. The standard InChI is InChI=1S/C13H21N3O/c1-17-10-11-3-6-16(7-4-11)9-13-8-12(14)2-5-15-13/h2,5,8,11H,3-4,6-7,9-10H2,1H3,(H2,14,15). The molecule has 0 amide bonds. The van der Waals surface area contributed by atoms with Gasteiger partial charge in [0.2, 0.25) is 0 Å². The molecule has 0 saturated carbocycles. The number of nitrogen functional groups attached to an aromatic ring is 1. The summed E-state index contributed by atoms with van der Waals surface area (Å²) >= 11 is 0. The van der Waals surface area contributed by atoms with Gasteiger partial charge in [0.25, 0.3) is 0 Å². The Morgan fingerprint density at radius 2 is 2.24 bits per heavy atom. The fourth-order valence-electron chi connectivity index (χ4n) is 2.36. The van der Waals surface area contributed by atoms with Gasteiger partial charge in [0, 0.05) is 32.1 Å². The summed E-state index contributed by atoms with van der Waals surface area (Å²) in [6.45, 7) is 4.06. The third kappa shape index (κ3) is 3.68. The second kappa shape index (κ2) is 5.98. The molecule has 1 saturated heterocycles. The molecule has 4 nitrogen and oxygen atoms in total. The predicted molar refractivity (Wildman–Crippen MR) is 68.5 cm³/mol. The quantitative estimate of drug-likeness (QED) is 0.859. The highest BCUT2D eigenvalue weighted by Gasteiger charge is 2.19. The Balaban J connectivity index is 1.82. The van der Waals surface area contributed by atoms with Gasteiger partial charge in [0.1, 0.15) is 0 Å². The number of nitrogens with zero attached hydrogens (tertiary/aromatic N) is 2. The molecular weight excluding hydrogens is 214 g/mol. The second-order valence-corrected chi connectivity index (χ2v) is 4.76. The minimum atomic E-state index is 0.727. The van der Waals surface area contributed by atoms with Crippen LogP contribution in [0.5, 0.6) is 0 Å². The van der Waals surface area contributed by atoms with Crippen molar-refractivity contribution in [2.24, 2.45) is 5.92 Å². The topological polar surface area (TPSA) is 51.4 Å². The lowest BCUT2D eigenvalue weighted by molar-refractivity contribution is 0.0963. The van der Waals surface area contributed by atoms with Gasteiger partial charge in [-0.15, -0.1) is 0 Å². The fourth-order valence-corrected chi connectivity index (χ4v) is 2.36. The molecule has 0 spiro atoms. The Kier molecular flexibility index (Phi) is 4.34. The normalized spacial score (nSPS) is 18.4. The highest BCUT2D eigenvalue weighted by Crippen LogP contribution is 2.19. The van der Waals surface area contributed by atoms with E-state index >= 15 is 0 Å². The van der Waals surface area contributed by atoms with Crippen LogP contribution in [0.2, 0.25) is 0 Å². The van der Waals surface area contributed by atoms with Crippen LogP contribution in [0.3, 0.4) is 0 Å². The summed E-state index contributed by atoms with van der Waals surface area (Å²) in [7, 11) is 1.78. The van der Waals surface area contributed by atoms with Crippen molar-refractivity contribution >= 4 is 5.69 Å². The van der Waals surface area contributed by atoms with E-state index in [2.05, 4.69) is 9.88 Å². The molecule has 0 atom stereocenters. The van der Waals surface area contributed by atoms with E-state index in [9.17, 15) is 0 Å². The molecule has 17 heavy (non-hydrogen) atoms. The predicted octanol–water partition coefficient (Wildman–Crippen LogP) is 1.52. The minimum Gasteiger partial charge on any atom is -0.399 e. The molecule has 0 bridgehead atoms. The lowest BCUT2D eigenvalue weighted by Crippen LogP contribution is -2.34. The molecule has 2 heterocycles. The smallest absolute Gasteiger partial charge is 0.0564 e. The van der Waals surface area contributed by atoms with Gasteiger partial charge in [0.15, 0.2) is 0 Å². The molecule has 0 radical (unpaired) electrons. The zero-order valence-corrected chi connectivity index (χ0v) is 10.4. The van der Waals surface area contributed by atoms with Gasteiger partial charge < -0.3 is 10.5 Å². The maximum atomic E-state index is 5.75. The number of nitrogens with two attached hydrogens (primary N) is 1. The number of methoxy groups -OCH3 is 1. The van der Waals surface area contributed by atoms with E-state index in [-0.39, 0.29) is 0 Å². The van der Waals surface area contributed by atoms with Crippen LogP contribution >= 0.6 is 0 Å². The van der Waals surface area contributed by atoms with Crippen LogP contribution in [0.15, 0.2) is 18.3 Å². The highest BCUT2D eigenvalue weighted by atomic mass is 16.5. The highest BCUT2D eigenvalue weighted by molar-refractivity contribution is 5.37. The van der Waals surface area contributed by atoms with E-state index < -0.39 is 0 Å². The van der Waals surface area contributed by atoms with Crippen molar-refractivity contribution in [3.05, 3.63) is 24.0 Å². The molecule has 94 valence electrons. The summed E-state index contributed by atoms with van der Waals surface area (Å²) in [5.74, 6) is 0.727. The molecule has 1 aliphatic heterocycles. The number of hydrogen-bond donors (Lipinski definition) is 1. The average Bonchev–Trinajstić information content (AvgIpc) is 2.32. The summed E-state index contributed by atoms with van der Waals surface area (Å²) in [6, 6.07) is 3.79. The number of aromatic nitrogens is 1. The first kappa shape index (κ1) is 12.3. The summed E-state index contributed by atoms with van der Waals surface area (Å²) < 4.78 is 5.20. The Bertz CT molecular complexity index is 348. The van der Waals surface area contributed by atoms with Gasteiger partial charge in [-0.2, -0.15) is 0 Å². The molecule has 1 fully saturated rings. The van der Waals surface area contributed by atoms with Crippen LogP contribution in [-0.2, 0) is 11.3 Å². The average molecular weight is 235 g/mol. The van der Waals surface area contributed by atoms with E-state index in [1.807, 2.05) is 12.1 Å². The molecule has 2 N–H and O–H groups in total. The van der Waals surface area contributed by atoms with Crippen LogP contribution in [-0.4, -0.2) is 36.7 Å². The number of ether oxygens (including phenoxy) is 1. The van der Waals surface area contributed by atoms with Crippen molar-refractivity contribution < 1.29 is 4.74 Å². The molecule has 1 aliphatic rings. The Labute approximate surface area is 103 Å². The lowest BCUT2D eigenvalue weighted by Gasteiger charge is -2.31. The number of piperidine rings is 1. The van der Waals surface area contributed by atoms with Crippen molar-refractivity contribution in [1.82, 2.24) is 9.88 Å². The van der Waals surface area contributed by atoms with Crippen LogP contribution in [0.25, 0.3) is 0 Å². The van der Waals surface area contributed by atoms with Crippen molar-refractivity contribution in [3.63, 3.8) is 0 Å². The Hall–Kier alpha value is -1.13. The molecular formula is C13H21N3O. The Morgan fingerprint density at radius 1 is 1.47 bits per heavy atom. The first-order valence-electron chi connectivity index (χ1n) is 6.19. The number of pyridine rings is 1. The molecule has 1 aromatic heterocycles. The van der Waals surface area contributed by atoms with E-state index in [4.69, 9.17) is 10.5 Å². The SMILES string of the molecule is COCC1CCN(Cc2cc(N)ccn2)CC1. The third-order valence-electron chi connectivity index (χ3n) is 3.34. The van der Waals surface area contributed by atoms with Gasteiger partial charge in [-0.1, -0.05) is 0 Å². The number of anilines is 1. The first-order valence-corrected chi connectivity index (χ1v) is 6.19. The van der Waals surface area contributed by atoms with Crippen molar-refractivity contribution in [3.8, 4) is 0 Å². The van der Waals surface area contributed by atoms with Crippen LogP contribution in [0.4, 0.5) is 5.69 Å². The molecule has 2 rings (SSSR count). The van der Waals surface area contributed by atoms with Crippen LogP contribution < -0.4 is 5.73 Å². The van der Waals surface area contributed by atoms with E-state index in [0.29, 0.717) is 0 Å². The van der Waals surface area contributed by atoms with Gasteiger partial charge in [-0.05, 0) is 44.0 Å². The van der Waals surface area contributed by atoms with Gasteiger partial charge in [0.05, 0.1) is 5.69 Å². The van der Waals surface area contributed by atoms with Crippen molar-refractivity contribution in [2.75, 3.05) is 32.5 Å². The Morgan fingerprint density at radius 3 is 2.88 bits per heavy atom. The second-order valence-electron chi connectivity index (χ2n) is 4.76. The van der Waals surface area contributed by atoms with Gasteiger partial charge in [-0.25, -0.2) is 0 Å². The minimum absolute atomic E-state index is 0.727. The van der Waals surface area contributed by atoms with E-state index in [1.54, 1.807) is 13.3 Å². The maximum absolute atomic E-state index is 5.75. The van der Waals surface area contributed by atoms with Gasteiger partial charge in [-0.3, -0.25) is 9.88 Å².